The van der Waals surface area contributed by atoms with E-state index in [2.05, 4.69) is 4.72 Å². The SMILES string of the molecule is CNS(=O)(=O)c1cc(C(=O)O)c2ccccc2c1. The van der Waals surface area contributed by atoms with Crippen LogP contribution in [0.5, 0.6) is 0 Å². The van der Waals surface area contributed by atoms with Gasteiger partial charge in [0, 0.05) is 0 Å². The quantitative estimate of drug-likeness (QED) is 0.879. The molecule has 5 nitrogen and oxygen atoms in total. The van der Waals surface area contributed by atoms with Gasteiger partial charge in [0.15, 0.2) is 0 Å². The summed E-state index contributed by atoms with van der Waals surface area (Å²) >= 11 is 0. The number of fused-ring (bicyclic) bond motifs is 1. The Morgan fingerprint density at radius 3 is 2.50 bits per heavy atom. The largest absolute Gasteiger partial charge is 0.478 e. The summed E-state index contributed by atoms with van der Waals surface area (Å²) in [5.74, 6) is -1.15. The van der Waals surface area contributed by atoms with Crippen molar-refractivity contribution in [3.05, 3.63) is 42.0 Å². The molecule has 2 N–H and O–H groups in total. The van der Waals surface area contributed by atoms with Gasteiger partial charge in [-0.2, -0.15) is 0 Å². The highest BCUT2D eigenvalue weighted by molar-refractivity contribution is 7.89. The molecule has 0 spiro atoms. The maximum absolute atomic E-state index is 11.7. The lowest BCUT2D eigenvalue weighted by Crippen LogP contribution is -2.19. The van der Waals surface area contributed by atoms with Gasteiger partial charge in [-0.25, -0.2) is 17.9 Å². The second-order valence-corrected chi connectivity index (χ2v) is 5.59. The van der Waals surface area contributed by atoms with Crippen molar-refractivity contribution in [2.24, 2.45) is 0 Å². The van der Waals surface area contributed by atoms with Crippen molar-refractivity contribution in [1.82, 2.24) is 4.72 Å². The number of sulfonamides is 1. The van der Waals surface area contributed by atoms with E-state index >= 15 is 0 Å². The molecule has 2 aromatic carbocycles. The molecule has 0 heterocycles. The lowest BCUT2D eigenvalue weighted by atomic mass is 10.0. The van der Waals surface area contributed by atoms with Crippen molar-refractivity contribution in [2.45, 2.75) is 4.90 Å². The highest BCUT2D eigenvalue weighted by Crippen LogP contribution is 2.23. The van der Waals surface area contributed by atoms with Gasteiger partial charge in [-0.1, -0.05) is 24.3 Å². The predicted molar refractivity (Wildman–Crippen MR) is 67.2 cm³/mol. The van der Waals surface area contributed by atoms with Crippen LogP contribution in [-0.4, -0.2) is 26.5 Å². The number of rotatable bonds is 3. The van der Waals surface area contributed by atoms with E-state index < -0.39 is 16.0 Å². The number of hydrogen-bond acceptors (Lipinski definition) is 3. The zero-order valence-electron chi connectivity index (χ0n) is 9.54. The van der Waals surface area contributed by atoms with Gasteiger partial charge in [0.25, 0.3) is 0 Å². The lowest BCUT2D eigenvalue weighted by Gasteiger charge is -2.07. The molecule has 0 radical (unpaired) electrons. The fraction of sp³-hybridized carbons (Fsp3) is 0.0833. The Hall–Kier alpha value is -1.92. The first-order valence-corrected chi connectivity index (χ1v) is 6.63. The standard InChI is InChI=1S/C12H11NO4S/c1-13-18(16,17)9-6-8-4-2-3-5-10(8)11(7-9)12(14)15/h2-7,13H,1H3,(H,14,15). The van der Waals surface area contributed by atoms with E-state index in [9.17, 15) is 13.2 Å². The highest BCUT2D eigenvalue weighted by Gasteiger charge is 2.17. The third-order valence-electron chi connectivity index (χ3n) is 2.64. The molecule has 2 rings (SSSR count). The van der Waals surface area contributed by atoms with Crippen LogP contribution < -0.4 is 4.72 Å². The molecular formula is C12H11NO4S. The molecule has 0 aliphatic rings. The average Bonchev–Trinajstić information content (AvgIpc) is 2.37. The fourth-order valence-electron chi connectivity index (χ4n) is 1.73. The zero-order valence-corrected chi connectivity index (χ0v) is 10.4. The zero-order chi connectivity index (χ0) is 13.3. The Kier molecular flexibility index (Phi) is 3.06. The van der Waals surface area contributed by atoms with Crippen molar-refractivity contribution >= 4 is 26.8 Å². The van der Waals surface area contributed by atoms with Crippen LogP contribution in [0.4, 0.5) is 0 Å². The Balaban J connectivity index is 2.85. The van der Waals surface area contributed by atoms with Crippen LogP contribution in [0.3, 0.4) is 0 Å². The lowest BCUT2D eigenvalue weighted by molar-refractivity contribution is 0.0699. The first kappa shape index (κ1) is 12.5. The molecule has 0 saturated heterocycles. The van der Waals surface area contributed by atoms with Crippen LogP contribution in [0.25, 0.3) is 10.8 Å². The van der Waals surface area contributed by atoms with Crippen molar-refractivity contribution in [1.29, 1.82) is 0 Å². The highest BCUT2D eigenvalue weighted by atomic mass is 32.2. The molecule has 0 fully saturated rings. The molecule has 0 bridgehead atoms. The molecule has 0 aliphatic heterocycles. The van der Waals surface area contributed by atoms with Gasteiger partial charge in [0.1, 0.15) is 0 Å². The van der Waals surface area contributed by atoms with Gasteiger partial charge in [-0.15, -0.1) is 0 Å². The third kappa shape index (κ3) is 2.07. The van der Waals surface area contributed by atoms with E-state index in [1.165, 1.54) is 13.1 Å². The number of hydrogen-bond donors (Lipinski definition) is 2. The van der Waals surface area contributed by atoms with Crippen LogP contribution in [0.1, 0.15) is 10.4 Å². The Labute approximate surface area is 104 Å². The maximum Gasteiger partial charge on any atom is 0.336 e. The van der Waals surface area contributed by atoms with E-state index in [-0.39, 0.29) is 10.5 Å². The van der Waals surface area contributed by atoms with E-state index in [4.69, 9.17) is 5.11 Å². The number of benzene rings is 2. The molecule has 18 heavy (non-hydrogen) atoms. The summed E-state index contributed by atoms with van der Waals surface area (Å²) in [5, 5.41) is 10.2. The van der Waals surface area contributed by atoms with Gasteiger partial charge >= 0.3 is 5.97 Å². The minimum Gasteiger partial charge on any atom is -0.478 e. The van der Waals surface area contributed by atoms with E-state index in [1.54, 1.807) is 24.3 Å². The van der Waals surface area contributed by atoms with E-state index in [0.717, 1.165) is 6.07 Å². The van der Waals surface area contributed by atoms with Crippen molar-refractivity contribution < 1.29 is 18.3 Å². The predicted octanol–water partition coefficient (Wildman–Crippen LogP) is 1.45. The number of aromatic carboxylic acids is 1. The second kappa shape index (κ2) is 4.40. The molecule has 0 unspecified atom stereocenters. The average molecular weight is 265 g/mol. The molecule has 0 amide bonds. The van der Waals surface area contributed by atoms with Crippen LogP contribution in [0.15, 0.2) is 41.3 Å². The van der Waals surface area contributed by atoms with Gasteiger partial charge in [-0.3, -0.25) is 0 Å². The first-order chi connectivity index (χ1) is 8.45. The first-order valence-electron chi connectivity index (χ1n) is 5.15. The molecule has 2 aromatic rings. The summed E-state index contributed by atoms with van der Waals surface area (Å²) in [7, 11) is -2.38. The molecule has 0 aliphatic carbocycles. The number of carboxylic acids is 1. The van der Waals surface area contributed by atoms with Crippen LogP contribution in [0.2, 0.25) is 0 Å². The molecule has 6 heteroatoms. The molecule has 0 aromatic heterocycles. The third-order valence-corrected chi connectivity index (χ3v) is 4.04. The second-order valence-electron chi connectivity index (χ2n) is 3.70. The van der Waals surface area contributed by atoms with Crippen molar-refractivity contribution in [2.75, 3.05) is 7.05 Å². The van der Waals surface area contributed by atoms with Crippen LogP contribution >= 0.6 is 0 Å². The molecule has 0 atom stereocenters. The Morgan fingerprint density at radius 2 is 1.89 bits per heavy atom. The molecule has 94 valence electrons. The van der Waals surface area contributed by atoms with Gasteiger partial charge in [0.2, 0.25) is 10.0 Å². The van der Waals surface area contributed by atoms with E-state index in [0.29, 0.717) is 10.8 Å². The minimum atomic E-state index is -3.66. The van der Waals surface area contributed by atoms with Crippen molar-refractivity contribution in [3.63, 3.8) is 0 Å². The summed E-state index contributed by atoms with van der Waals surface area (Å²) in [4.78, 5) is 11.1. The Bertz CT molecular complexity index is 722. The summed E-state index contributed by atoms with van der Waals surface area (Å²) in [6.45, 7) is 0. The number of carboxylic acid groups (broad SMARTS) is 1. The van der Waals surface area contributed by atoms with Crippen LogP contribution in [-0.2, 0) is 10.0 Å². The van der Waals surface area contributed by atoms with Gasteiger partial charge in [-0.05, 0) is 30.0 Å². The van der Waals surface area contributed by atoms with Gasteiger partial charge in [0.05, 0.1) is 10.5 Å². The maximum atomic E-state index is 11.7. The van der Waals surface area contributed by atoms with Crippen molar-refractivity contribution in [3.8, 4) is 0 Å². The summed E-state index contributed by atoms with van der Waals surface area (Å²) in [6, 6.07) is 9.37. The van der Waals surface area contributed by atoms with E-state index in [1.807, 2.05) is 0 Å². The smallest absolute Gasteiger partial charge is 0.336 e. The fourth-order valence-corrected chi connectivity index (χ4v) is 2.52. The monoisotopic (exact) mass is 265 g/mol. The summed E-state index contributed by atoms with van der Waals surface area (Å²) < 4.78 is 25.6. The minimum absolute atomic E-state index is 0.0260. The summed E-state index contributed by atoms with van der Waals surface area (Å²) in [5.41, 5.74) is -0.0260. The topological polar surface area (TPSA) is 83.5 Å². The molecule has 0 saturated carbocycles. The summed E-state index contributed by atoms with van der Waals surface area (Å²) in [6.07, 6.45) is 0. The molecular weight excluding hydrogens is 254 g/mol. The number of carbonyl (C=O) groups is 1. The van der Waals surface area contributed by atoms with Gasteiger partial charge < -0.3 is 5.11 Å². The Morgan fingerprint density at radius 1 is 1.22 bits per heavy atom. The van der Waals surface area contributed by atoms with Crippen LogP contribution in [0, 0.1) is 0 Å². The normalized spacial score (nSPS) is 11.6. The number of nitrogens with one attached hydrogen (secondary N) is 1.